The summed E-state index contributed by atoms with van der Waals surface area (Å²) in [4.78, 5) is 4.85. The van der Waals surface area contributed by atoms with Crippen molar-refractivity contribution >= 4 is 88.0 Å². The van der Waals surface area contributed by atoms with Gasteiger partial charge in [0.25, 0.3) is 0 Å². The molecule has 12 aromatic rings. The monoisotopic (exact) mass is 954 g/mol. The van der Waals surface area contributed by atoms with Crippen molar-refractivity contribution in [3.05, 3.63) is 253 Å². The molecule has 0 bridgehead atoms. The molecule has 2 heteroatoms. The third-order valence-electron chi connectivity index (χ3n) is 15.2. The van der Waals surface area contributed by atoms with Crippen molar-refractivity contribution in [2.45, 2.75) is 66.2 Å². The fourth-order valence-electron chi connectivity index (χ4n) is 11.2. The predicted octanol–water partition coefficient (Wildman–Crippen LogP) is 20.9. The van der Waals surface area contributed by atoms with Gasteiger partial charge in [0, 0.05) is 34.1 Å². The van der Waals surface area contributed by atoms with Crippen LogP contribution in [-0.4, -0.2) is 0 Å². The number of anilines is 6. The Balaban J connectivity index is 1.05. The van der Waals surface area contributed by atoms with Gasteiger partial charge in [-0.15, -0.1) is 0 Å². The third kappa shape index (κ3) is 8.45. The molecular formula is C72H62N2. The Kier molecular flexibility index (Phi) is 11.5. The van der Waals surface area contributed by atoms with Crippen molar-refractivity contribution < 1.29 is 0 Å². The Labute approximate surface area is 436 Å². The van der Waals surface area contributed by atoms with E-state index in [1.54, 1.807) is 0 Å². The van der Waals surface area contributed by atoms with Gasteiger partial charge in [-0.25, -0.2) is 0 Å². The summed E-state index contributed by atoms with van der Waals surface area (Å²) >= 11 is 0. The molecule has 0 aliphatic carbocycles. The van der Waals surface area contributed by atoms with Crippen LogP contribution >= 0.6 is 0 Å². The van der Waals surface area contributed by atoms with Gasteiger partial charge in [-0.2, -0.15) is 0 Å². The summed E-state index contributed by atoms with van der Waals surface area (Å²) in [7, 11) is 0. The average Bonchev–Trinajstić information content (AvgIpc) is 3.42. The van der Waals surface area contributed by atoms with Crippen LogP contribution < -0.4 is 9.80 Å². The molecule has 0 aromatic heterocycles. The Morgan fingerprint density at radius 1 is 0.243 bits per heavy atom. The molecule has 0 N–H and O–H groups in total. The number of hydrogen-bond acceptors (Lipinski definition) is 2. The molecule has 0 saturated carbocycles. The van der Waals surface area contributed by atoms with Crippen LogP contribution in [0.3, 0.4) is 0 Å². The van der Waals surface area contributed by atoms with Crippen LogP contribution in [0.25, 0.3) is 76.1 Å². The fourth-order valence-corrected chi connectivity index (χ4v) is 11.2. The van der Waals surface area contributed by atoms with E-state index in [9.17, 15) is 0 Å². The first-order chi connectivity index (χ1) is 35.8. The molecular weight excluding hydrogens is 893 g/mol. The van der Waals surface area contributed by atoms with Crippen LogP contribution in [0.5, 0.6) is 0 Å². The number of aryl methyl sites for hydroxylation is 2. The van der Waals surface area contributed by atoms with Crippen molar-refractivity contribution in [1.82, 2.24) is 0 Å². The highest BCUT2D eigenvalue weighted by molar-refractivity contribution is 6.39. The lowest BCUT2D eigenvalue weighted by Gasteiger charge is -2.28. The predicted molar refractivity (Wildman–Crippen MR) is 321 cm³/mol. The quantitative estimate of drug-likeness (QED) is 0.140. The van der Waals surface area contributed by atoms with E-state index >= 15 is 0 Å². The van der Waals surface area contributed by atoms with Crippen LogP contribution in [0.15, 0.2) is 231 Å². The third-order valence-corrected chi connectivity index (χ3v) is 15.2. The van der Waals surface area contributed by atoms with E-state index in [2.05, 4.69) is 296 Å². The van der Waals surface area contributed by atoms with Crippen molar-refractivity contribution in [3.63, 3.8) is 0 Å². The summed E-state index contributed by atoms with van der Waals surface area (Å²) in [5.41, 5.74) is 16.8. The summed E-state index contributed by atoms with van der Waals surface area (Å²) < 4.78 is 0. The molecule has 0 fully saturated rings. The van der Waals surface area contributed by atoms with Gasteiger partial charge in [0.05, 0.1) is 0 Å². The molecule has 0 saturated heterocycles. The molecule has 12 rings (SSSR count). The van der Waals surface area contributed by atoms with Crippen molar-refractivity contribution in [3.8, 4) is 22.3 Å². The van der Waals surface area contributed by atoms with Gasteiger partial charge in [0.2, 0.25) is 0 Å². The van der Waals surface area contributed by atoms with Crippen molar-refractivity contribution in [1.29, 1.82) is 0 Å². The van der Waals surface area contributed by atoms with Crippen molar-refractivity contribution in [2.24, 2.45) is 0 Å². The Hall–Kier alpha value is -8.46. The van der Waals surface area contributed by atoms with Gasteiger partial charge in [-0.1, -0.05) is 210 Å². The van der Waals surface area contributed by atoms with Crippen LogP contribution in [0.1, 0.15) is 63.8 Å². The normalized spacial score (nSPS) is 12.1. The first kappa shape index (κ1) is 46.6. The van der Waals surface area contributed by atoms with Gasteiger partial charge < -0.3 is 9.80 Å². The lowest BCUT2D eigenvalue weighted by molar-refractivity contribution is 0.590. The Morgan fingerprint density at radius 3 is 0.932 bits per heavy atom. The molecule has 0 heterocycles. The molecule has 0 unspecified atom stereocenters. The zero-order valence-corrected chi connectivity index (χ0v) is 43.8. The lowest BCUT2D eigenvalue weighted by atomic mass is 9.85. The summed E-state index contributed by atoms with van der Waals surface area (Å²) in [6.45, 7) is 18.0. The zero-order valence-electron chi connectivity index (χ0n) is 43.8. The van der Waals surface area contributed by atoms with Crippen LogP contribution in [0.4, 0.5) is 34.1 Å². The molecule has 74 heavy (non-hydrogen) atoms. The number of rotatable bonds is 8. The van der Waals surface area contributed by atoms with Gasteiger partial charge >= 0.3 is 0 Å². The van der Waals surface area contributed by atoms with Crippen LogP contribution in [0, 0.1) is 13.8 Å². The fraction of sp³-hybridized carbons (Fsp3) is 0.139. The first-order valence-electron chi connectivity index (χ1n) is 26.2. The zero-order chi connectivity index (χ0) is 50.9. The highest BCUT2D eigenvalue weighted by atomic mass is 15.1. The minimum atomic E-state index is 0.0522. The van der Waals surface area contributed by atoms with E-state index in [1.807, 2.05) is 0 Å². The second-order valence-corrected chi connectivity index (χ2v) is 22.4. The largest absolute Gasteiger partial charge is 0.310 e. The van der Waals surface area contributed by atoms with Gasteiger partial charge in [0.1, 0.15) is 0 Å². The Morgan fingerprint density at radius 2 is 0.554 bits per heavy atom. The van der Waals surface area contributed by atoms with E-state index < -0.39 is 0 Å². The molecule has 360 valence electrons. The highest BCUT2D eigenvalue weighted by Crippen LogP contribution is 2.48. The summed E-state index contributed by atoms with van der Waals surface area (Å²) in [5, 5.41) is 12.5. The molecule has 0 amide bonds. The minimum Gasteiger partial charge on any atom is -0.310 e. The molecule has 0 atom stereocenters. The maximum atomic E-state index is 2.43. The Bertz CT molecular complexity index is 3840. The number of hydrogen-bond donors (Lipinski definition) is 0. The van der Waals surface area contributed by atoms with Gasteiger partial charge in [-0.3, -0.25) is 0 Å². The second kappa shape index (κ2) is 18.2. The maximum absolute atomic E-state index is 2.43. The highest BCUT2D eigenvalue weighted by Gasteiger charge is 2.22. The SMILES string of the molecule is Cc1ccc(N(c2cccc(-c3cccc(C(C)(C)C)c3)c2)c2ccc3c(c2)c2ccccc2c2c4ccc(N(c5ccc(C)cc5)c5cccc(-c6cccc(C(C)(C)C)c6)c5)cc4c4ccccc4c32)cc1. The number of benzene rings is 12. The maximum Gasteiger partial charge on any atom is 0.0468 e. The molecule has 2 nitrogen and oxygen atoms in total. The van der Waals surface area contributed by atoms with Gasteiger partial charge in [0.15, 0.2) is 0 Å². The smallest absolute Gasteiger partial charge is 0.0468 e. The number of nitrogens with zero attached hydrogens (tertiary/aromatic N) is 2. The average molecular weight is 955 g/mol. The van der Waals surface area contributed by atoms with E-state index in [0.29, 0.717) is 0 Å². The minimum absolute atomic E-state index is 0.0522. The van der Waals surface area contributed by atoms with E-state index in [4.69, 9.17) is 0 Å². The standard InChI is InChI=1S/C72H62N2/c1-47-29-33-55(34-30-47)73(57-23-15-19-51(43-57)49-17-13-21-53(41-49)71(3,4)5)59-37-39-65-67(45-59)61-25-9-11-27-63(61)70-66-40-38-60(46-68(66)62-26-10-12-28-64(62)69(65)70)74(56-35-31-48(2)32-36-56)58-24-16-20-52(44-58)50-18-14-22-54(42-50)72(6,7)8/h9-46H,1-8H3. The van der Waals surface area contributed by atoms with Gasteiger partial charge in [-0.05, 0) is 185 Å². The van der Waals surface area contributed by atoms with E-state index in [0.717, 1.165) is 34.1 Å². The molecule has 0 aliphatic rings. The van der Waals surface area contributed by atoms with Crippen LogP contribution in [0.2, 0.25) is 0 Å². The second-order valence-electron chi connectivity index (χ2n) is 22.4. The van der Waals surface area contributed by atoms with E-state index in [-0.39, 0.29) is 10.8 Å². The first-order valence-corrected chi connectivity index (χ1v) is 26.2. The topological polar surface area (TPSA) is 6.48 Å². The molecule has 0 aliphatic heterocycles. The van der Waals surface area contributed by atoms with E-state index in [1.165, 1.54) is 98.4 Å². The number of fused-ring (bicyclic) bond motifs is 11. The summed E-state index contributed by atoms with van der Waals surface area (Å²) in [6.07, 6.45) is 0. The molecule has 0 radical (unpaired) electrons. The molecule has 12 aromatic carbocycles. The summed E-state index contributed by atoms with van der Waals surface area (Å²) in [5.74, 6) is 0. The summed E-state index contributed by atoms with van der Waals surface area (Å²) in [6, 6.07) is 86.4. The lowest BCUT2D eigenvalue weighted by Crippen LogP contribution is -2.11. The van der Waals surface area contributed by atoms with Crippen LogP contribution in [-0.2, 0) is 10.8 Å². The van der Waals surface area contributed by atoms with Crippen molar-refractivity contribution in [2.75, 3.05) is 9.80 Å². The molecule has 0 spiro atoms.